The molecule has 1 heterocycles. The van der Waals surface area contributed by atoms with Gasteiger partial charge in [-0.15, -0.1) is 0 Å². The molecule has 1 aromatic rings. The van der Waals surface area contributed by atoms with E-state index in [1.807, 2.05) is 0 Å². The van der Waals surface area contributed by atoms with Crippen molar-refractivity contribution < 1.29 is 24.8 Å². The number of aliphatic hydroxyl groups excluding tert-OH is 3. The maximum absolute atomic E-state index is 9.65. The second-order valence-electron chi connectivity index (χ2n) is 3.82. The first-order valence-corrected chi connectivity index (χ1v) is 5.95. The minimum absolute atomic E-state index is 0.0700. The van der Waals surface area contributed by atoms with Gasteiger partial charge in [-0.05, 0) is 24.3 Å². The lowest BCUT2D eigenvalue weighted by atomic mass is 10.1. The molecule has 3 N–H and O–H groups in total. The van der Waals surface area contributed by atoms with E-state index >= 15 is 0 Å². The minimum atomic E-state index is -1.28. The lowest BCUT2D eigenvalue weighted by molar-refractivity contribution is -0.242. The summed E-state index contributed by atoms with van der Waals surface area (Å²) in [6, 6.07) is 6.99. The summed E-state index contributed by atoms with van der Waals surface area (Å²) in [6.45, 7) is -0.0700. The topological polar surface area (TPSA) is 79.2 Å². The zero-order chi connectivity index (χ0) is 12.4. The summed E-state index contributed by atoms with van der Waals surface area (Å²) < 4.78 is 11.4. The van der Waals surface area contributed by atoms with Crippen molar-refractivity contribution in [3.63, 3.8) is 0 Å². The van der Waals surface area contributed by atoms with Crippen LogP contribution in [0, 0.1) is 0 Å². The number of aliphatic hydroxyl groups is 3. The van der Waals surface area contributed by atoms with Crippen LogP contribution in [-0.2, 0) is 4.74 Å². The summed E-state index contributed by atoms with van der Waals surface area (Å²) in [4.78, 5) is 0. The van der Waals surface area contributed by atoms with Crippen LogP contribution in [0.4, 0.5) is 0 Å². The van der Waals surface area contributed by atoms with Gasteiger partial charge in [-0.1, -0.05) is 15.9 Å². The van der Waals surface area contributed by atoms with Crippen LogP contribution < -0.4 is 4.74 Å². The van der Waals surface area contributed by atoms with Crippen molar-refractivity contribution in [3.8, 4) is 5.75 Å². The molecular weight excluding hydrogens is 292 g/mol. The van der Waals surface area contributed by atoms with Gasteiger partial charge < -0.3 is 24.8 Å². The maximum Gasteiger partial charge on any atom is 0.228 e. The molecule has 5 nitrogen and oxygen atoms in total. The van der Waals surface area contributed by atoms with Crippen LogP contribution in [0.3, 0.4) is 0 Å². The van der Waals surface area contributed by atoms with Crippen LogP contribution in [0.1, 0.15) is 0 Å². The lowest BCUT2D eigenvalue weighted by Crippen LogP contribution is -2.54. The third-order valence-electron chi connectivity index (χ3n) is 2.52. The summed E-state index contributed by atoms with van der Waals surface area (Å²) in [5.74, 6) is 0.515. The molecule has 6 heteroatoms. The number of hydrogen-bond acceptors (Lipinski definition) is 5. The van der Waals surface area contributed by atoms with Crippen LogP contribution in [0.15, 0.2) is 28.7 Å². The van der Waals surface area contributed by atoms with Crippen molar-refractivity contribution in [2.75, 3.05) is 6.61 Å². The van der Waals surface area contributed by atoms with Gasteiger partial charge in [0.2, 0.25) is 6.29 Å². The Morgan fingerprint density at radius 2 is 1.76 bits per heavy atom. The Morgan fingerprint density at radius 1 is 1.12 bits per heavy atom. The predicted molar refractivity (Wildman–Crippen MR) is 62.5 cm³/mol. The van der Waals surface area contributed by atoms with Gasteiger partial charge in [-0.3, -0.25) is 0 Å². The molecule has 0 aromatic heterocycles. The summed E-state index contributed by atoms with van der Waals surface area (Å²) >= 11 is 3.29. The highest BCUT2D eigenvalue weighted by Crippen LogP contribution is 2.22. The Balaban J connectivity index is 2.01. The van der Waals surface area contributed by atoms with Gasteiger partial charge in [0, 0.05) is 4.47 Å². The van der Waals surface area contributed by atoms with E-state index < -0.39 is 24.6 Å². The standard InChI is InChI=1S/C11H13BrO5/c12-6-1-3-7(4-2-6)17-11-10(15)9(14)8(13)5-16-11/h1-4,8-11,13-15H,5H2/t8-,9?,10?,11+/m1/s1. The average Bonchev–Trinajstić information content (AvgIpc) is 2.33. The van der Waals surface area contributed by atoms with Gasteiger partial charge in [-0.2, -0.15) is 0 Å². The fourth-order valence-corrected chi connectivity index (χ4v) is 1.79. The minimum Gasteiger partial charge on any atom is -0.462 e. The van der Waals surface area contributed by atoms with E-state index in [2.05, 4.69) is 15.9 Å². The summed E-state index contributed by atoms with van der Waals surface area (Å²) in [7, 11) is 0. The van der Waals surface area contributed by atoms with Crippen LogP contribution in [0.25, 0.3) is 0 Å². The Kier molecular flexibility index (Phi) is 4.01. The highest BCUT2D eigenvalue weighted by molar-refractivity contribution is 9.10. The number of rotatable bonds is 2. The molecule has 2 unspecified atom stereocenters. The van der Waals surface area contributed by atoms with Gasteiger partial charge in [0.1, 0.15) is 24.1 Å². The van der Waals surface area contributed by atoms with E-state index in [1.165, 1.54) is 0 Å². The molecule has 0 aliphatic carbocycles. The molecule has 1 aliphatic rings. The van der Waals surface area contributed by atoms with E-state index in [4.69, 9.17) is 9.47 Å². The molecule has 2 rings (SSSR count). The van der Waals surface area contributed by atoms with Gasteiger partial charge in [-0.25, -0.2) is 0 Å². The van der Waals surface area contributed by atoms with Crippen molar-refractivity contribution in [3.05, 3.63) is 28.7 Å². The van der Waals surface area contributed by atoms with Crippen LogP contribution in [0.2, 0.25) is 0 Å². The van der Waals surface area contributed by atoms with E-state index in [0.29, 0.717) is 5.75 Å². The Labute approximate surface area is 107 Å². The molecule has 1 aromatic carbocycles. The summed E-state index contributed by atoms with van der Waals surface area (Å²) in [5, 5.41) is 28.4. The first-order valence-electron chi connectivity index (χ1n) is 5.16. The van der Waals surface area contributed by atoms with Crippen molar-refractivity contribution in [1.82, 2.24) is 0 Å². The van der Waals surface area contributed by atoms with Gasteiger partial charge in [0.15, 0.2) is 0 Å². The zero-order valence-electron chi connectivity index (χ0n) is 8.86. The molecule has 17 heavy (non-hydrogen) atoms. The monoisotopic (exact) mass is 304 g/mol. The number of hydrogen-bond donors (Lipinski definition) is 3. The van der Waals surface area contributed by atoms with Crippen LogP contribution >= 0.6 is 15.9 Å². The molecule has 1 fully saturated rings. The average molecular weight is 305 g/mol. The summed E-state index contributed by atoms with van der Waals surface area (Å²) in [5.41, 5.74) is 0. The predicted octanol–water partition coefficient (Wildman–Crippen LogP) is 0.267. The van der Waals surface area contributed by atoms with Crippen molar-refractivity contribution in [2.24, 2.45) is 0 Å². The molecule has 0 saturated carbocycles. The molecule has 4 atom stereocenters. The Hall–Kier alpha value is -0.660. The molecule has 0 bridgehead atoms. The first-order chi connectivity index (χ1) is 8.08. The maximum atomic E-state index is 9.65. The number of halogens is 1. The quantitative estimate of drug-likeness (QED) is 0.731. The van der Waals surface area contributed by atoms with Crippen LogP contribution in [0.5, 0.6) is 5.75 Å². The lowest BCUT2D eigenvalue weighted by Gasteiger charge is -2.34. The normalized spacial score (nSPS) is 33.4. The molecule has 1 saturated heterocycles. The van der Waals surface area contributed by atoms with Crippen LogP contribution in [-0.4, -0.2) is 46.5 Å². The third kappa shape index (κ3) is 2.97. The molecular formula is C11H13BrO5. The van der Waals surface area contributed by atoms with E-state index in [0.717, 1.165) is 4.47 Å². The second-order valence-corrected chi connectivity index (χ2v) is 4.74. The Bertz CT molecular complexity index is 369. The highest BCUT2D eigenvalue weighted by Gasteiger charge is 2.38. The largest absolute Gasteiger partial charge is 0.462 e. The zero-order valence-corrected chi connectivity index (χ0v) is 10.4. The van der Waals surface area contributed by atoms with Crippen molar-refractivity contribution in [1.29, 1.82) is 0 Å². The SMILES string of the molecule is OC1C(O)[C@H](O)CO[C@H]1Oc1ccc(Br)cc1. The number of benzene rings is 1. The highest BCUT2D eigenvalue weighted by atomic mass is 79.9. The van der Waals surface area contributed by atoms with E-state index in [9.17, 15) is 15.3 Å². The molecule has 1 aliphatic heterocycles. The molecule has 94 valence electrons. The fourth-order valence-electron chi connectivity index (χ4n) is 1.53. The molecule has 0 spiro atoms. The summed E-state index contributed by atoms with van der Waals surface area (Å²) in [6.07, 6.45) is -4.60. The van der Waals surface area contributed by atoms with E-state index in [1.54, 1.807) is 24.3 Å². The smallest absolute Gasteiger partial charge is 0.228 e. The van der Waals surface area contributed by atoms with Gasteiger partial charge in [0.25, 0.3) is 0 Å². The third-order valence-corrected chi connectivity index (χ3v) is 3.05. The molecule has 0 radical (unpaired) electrons. The van der Waals surface area contributed by atoms with E-state index in [-0.39, 0.29) is 6.61 Å². The fraction of sp³-hybridized carbons (Fsp3) is 0.455. The second kappa shape index (κ2) is 5.32. The molecule has 0 amide bonds. The van der Waals surface area contributed by atoms with Gasteiger partial charge in [0.05, 0.1) is 6.61 Å². The van der Waals surface area contributed by atoms with Crippen molar-refractivity contribution in [2.45, 2.75) is 24.6 Å². The first kappa shape index (κ1) is 12.8. The van der Waals surface area contributed by atoms with Crippen molar-refractivity contribution >= 4 is 15.9 Å². The van der Waals surface area contributed by atoms with Gasteiger partial charge >= 0.3 is 0 Å². The number of ether oxygens (including phenoxy) is 2. The Morgan fingerprint density at radius 3 is 2.41 bits per heavy atom.